The number of hydrogen-bond donors (Lipinski definition) is 1. The summed E-state index contributed by atoms with van der Waals surface area (Å²) in [6.07, 6.45) is 9.19. The Balaban J connectivity index is 1.47. The first-order valence-electron chi connectivity index (χ1n) is 9.97. The molecule has 2 aliphatic rings. The Morgan fingerprint density at radius 1 is 1.12 bits per heavy atom. The van der Waals surface area contributed by atoms with E-state index in [1.54, 1.807) is 0 Å². The molecule has 2 N–H and O–H groups in total. The predicted octanol–water partition coefficient (Wildman–Crippen LogP) is 4.83. The van der Waals surface area contributed by atoms with Crippen LogP contribution in [0.25, 0.3) is 0 Å². The zero-order valence-corrected chi connectivity index (χ0v) is 16.5. The van der Waals surface area contributed by atoms with E-state index in [0.29, 0.717) is 6.10 Å². The first kappa shape index (κ1) is 19.0. The molecule has 0 spiro atoms. The lowest BCUT2D eigenvalue weighted by atomic mass is 9.86. The number of nitrogen functional groups attached to an aromatic ring is 1. The van der Waals surface area contributed by atoms with E-state index < -0.39 is 0 Å². The molecular weight excluding hydrogens is 332 g/mol. The quantitative estimate of drug-likeness (QED) is 0.760. The van der Waals surface area contributed by atoms with Gasteiger partial charge in [0.1, 0.15) is 0 Å². The number of rotatable bonds is 5. The number of aryl methyl sites for hydroxylation is 1. The number of nitrogens with two attached hydrogens (primary N) is 1. The summed E-state index contributed by atoms with van der Waals surface area (Å²) in [5.41, 5.74) is 9.41. The topological polar surface area (TPSA) is 38.5 Å². The summed E-state index contributed by atoms with van der Waals surface area (Å²) in [6, 6.07) is 4.87. The van der Waals surface area contributed by atoms with Crippen molar-refractivity contribution in [1.29, 1.82) is 0 Å². The SMILES string of the molecule is CCOC1CCC(N2CCC(Cc3cc(Cl)c(C)cc3N)CC2)CC1. The Kier molecular flexibility index (Phi) is 6.65. The van der Waals surface area contributed by atoms with Crippen molar-refractivity contribution in [3.63, 3.8) is 0 Å². The number of halogens is 1. The van der Waals surface area contributed by atoms with Crippen molar-refractivity contribution in [3.05, 3.63) is 28.3 Å². The minimum absolute atomic E-state index is 0.507. The van der Waals surface area contributed by atoms with Crippen molar-refractivity contribution in [1.82, 2.24) is 4.90 Å². The highest BCUT2D eigenvalue weighted by atomic mass is 35.5. The average Bonchev–Trinajstić information content (AvgIpc) is 2.61. The molecule has 0 radical (unpaired) electrons. The van der Waals surface area contributed by atoms with Gasteiger partial charge in [-0.3, -0.25) is 0 Å². The molecule has 1 heterocycles. The number of nitrogens with zero attached hydrogens (tertiary/aromatic N) is 1. The predicted molar refractivity (Wildman–Crippen MR) is 106 cm³/mol. The molecule has 4 heteroatoms. The van der Waals surface area contributed by atoms with Crippen LogP contribution in [-0.4, -0.2) is 36.7 Å². The van der Waals surface area contributed by atoms with Crippen molar-refractivity contribution < 1.29 is 4.74 Å². The second kappa shape index (κ2) is 8.75. The molecular formula is C21H33ClN2O. The lowest BCUT2D eigenvalue weighted by Crippen LogP contribution is -2.44. The molecule has 1 aliphatic carbocycles. The Bertz CT molecular complexity index is 561. The number of likely N-dealkylation sites (tertiary alicyclic amines) is 1. The third kappa shape index (κ3) is 4.90. The molecule has 1 saturated carbocycles. The molecule has 0 unspecified atom stereocenters. The minimum Gasteiger partial charge on any atom is -0.398 e. The first-order valence-corrected chi connectivity index (χ1v) is 10.3. The average molecular weight is 365 g/mol. The van der Waals surface area contributed by atoms with E-state index in [-0.39, 0.29) is 0 Å². The maximum absolute atomic E-state index is 6.29. The lowest BCUT2D eigenvalue weighted by molar-refractivity contribution is 0.00753. The second-order valence-corrected chi connectivity index (χ2v) is 8.28. The van der Waals surface area contributed by atoms with E-state index in [2.05, 4.69) is 17.9 Å². The monoisotopic (exact) mass is 364 g/mol. The van der Waals surface area contributed by atoms with Gasteiger partial charge >= 0.3 is 0 Å². The smallest absolute Gasteiger partial charge is 0.0576 e. The molecule has 25 heavy (non-hydrogen) atoms. The maximum Gasteiger partial charge on any atom is 0.0576 e. The van der Waals surface area contributed by atoms with E-state index in [0.717, 1.165) is 41.3 Å². The molecule has 0 bridgehead atoms. The number of benzene rings is 1. The molecule has 1 aromatic carbocycles. The van der Waals surface area contributed by atoms with Crippen LogP contribution >= 0.6 is 11.6 Å². The van der Waals surface area contributed by atoms with Gasteiger partial charge in [0.05, 0.1) is 6.10 Å². The highest BCUT2D eigenvalue weighted by Crippen LogP contribution is 2.31. The molecule has 0 atom stereocenters. The number of ether oxygens (including phenoxy) is 1. The van der Waals surface area contributed by atoms with Crippen LogP contribution in [0.3, 0.4) is 0 Å². The van der Waals surface area contributed by atoms with Crippen LogP contribution in [0.4, 0.5) is 5.69 Å². The molecule has 1 aromatic rings. The lowest BCUT2D eigenvalue weighted by Gasteiger charge is -2.40. The summed E-state index contributed by atoms with van der Waals surface area (Å²) in [5, 5.41) is 0.840. The molecule has 0 amide bonds. The summed E-state index contributed by atoms with van der Waals surface area (Å²) in [6.45, 7) is 7.43. The van der Waals surface area contributed by atoms with Gasteiger partial charge in [-0.15, -0.1) is 0 Å². The van der Waals surface area contributed by atoms with E-state index in [1.807, 2.05) is 13.0 Å². The van der Waals surface area contributed by atoms with Crippen molar-refractivity contribution in [3.8, 4) is 0 Å². The van der Waals surface area contributed by atoms with Gasteiger partial charge in [0.25, 0.3) is 0 Å². The normalized spacial score (nSPS) is 26.0. The number of piperidine rings is 1. The summed E-state index contributed by atoms with van der Waals surface area (Å²) >= 11 is 6.29. The third-order valence-corrected chi connectivity index (χ3v) is 6.55. The molecule has 1 aliphatic heterocycles. The van der Waals surface area contributed by atoms with Gasteiger partial charge in [0.15, 0.2) is 0 Å². The highest BCUT2D eigenvalue weighted by molar-refractivity contribution is 6.31. The van der Waals surface area contributed by atoms with Crippen LogP contribution in [0.15, 0.2) is 12.1 Å². The Morgan fingerprint density at radius 3 is 2.44 bits per heavy atom. The largest absolute Gasteiger partial charge is 0.398 e. The maximum atomic E-state index is 6.29. The zero-order chi connectivity index (χ0) is 17.8. The third-order valence-electron chi connectivity index (χ3n) is 6.14. The molecule has 140 valence electrons. The zero-order valence-electron chi connectivity index (χ0n) is 15.8. The van der Waals surface area contributed by atoms with Crippen LogP contribution in [-0.2, 0) is 11.2 Å². The second-order valence-electron chi connectivity index (χ2n) is 7.87. The molecule has 0 aromatic heterocycles. The van der Waals surface area contributed by atoms with Crippen molar-refractivity contribution in [2.24, 2.45) is 5.92 Å². The highest BCUT2D eigenvalue weighted by Gasteiger charge is 2.29. The van der Waals surface area contributed by atoms with Gasteiger partial charge < -0.3 is 15.4 Å². The fourth-order valence-electron chi connectivity index (χ4n) is 4.57. The van der Waals surface area contributed by atoms with Gasteiger partial charge in [0.2, 0.25) is 0 Å². The standard InChI is InChI=1S/C21H33ClN2O/c1-3-25-19-6-4-18(5-7-19)24-10-8-16(9-11-24)13-17-14-20(22)15(2)12-21(17)23/h12,14,16,18-19H,3-11,13,23H2,1-2H3. The fraction of sp³-hybridized carbons (Fsp3) is 0.714. The van der Waals surface area contributed by atoms with Crippen LogP contribution in [0.2, 0.25) is 5.02 Å². The van der Waals surface area contributed by atoms with Gasteiger partial charge in [-0.05, 0) is 101 Å². The Morgan fingerprint density at radius 2 is 1.80 bits per heavy atom. The van der Waals surface area contributed by atoms with Crippen molar-refractivity contribution in [2.75, 3.05) is 25.4 Å². The van der Waals surface area contributed by atoms with Crippen molar-refractivity contribution >= 4 is 17.3 Å². The van der Waals surface area contributed by atoms with Crippen LogP contribution < -0.4 is 5.73 Å². The minimum atomic E-state index is 0.507. The summed E-state index contributed by atoms with van der Waals surface area (Å²) in [7, 11) is 0. The van der Waals surface area contributed by atoms with Gasteiger partial charge in [-0.25, -0.2) is 0 Å². The molecule has 2 fully saturated rings. The number of hydrogen-bond acceptors (Lipinski definition) is 3. The Hall–Kier alpha value is -0.770. The van der Waals surface area contributed by atoms with Crippen LogP contribution in [0, 0.1) is 12.8 Å². The van der Waals surface area contributed by atoms with E-state index >= 15 is 0 Å². The molecule has 1 saturated heterocycles. The summed E-state index contributed by atoms with van der Waals surface area (Å²) in [4.78, 5) is 2.73. The number of anilines is 1. The van der Waals surface area contributed by atoms with Gasteiger partial charge in [-0.1, -0.05) is 11.6 Å². The van der Waals surface area contributed by atoms with E-state index in [1.165, 1.54) is 57.2 Å². The summed E-state index contributed by atoms with van der Waals surface area (Å²) in [5.74, 6) is 0.733. The van der Waals surface area contributed by atoms with Crippen LogP contribution in [0.5, 0.6) is 0 Å². The fourth-order valence-corrected chi connectivity index (χ4v) is 4.75. The van der Waals surface area contributed by atoms with E-state index in [9.17, 15) is 0 Å². The first-order chi connectivity index (χ1) is 12.1. The molecule has 3 rings (SSSR count). The molecule has 3 nitrogen and oxygen atoms in total. The Labute approximate surface area is 157 Å². The van der Waals surface area contributed by atoms with E-state index in [4.69, 9.17) is 22.1 Å². The van der Waals surface area contributed by atoms with Gasteiger partial charge in [-0.2, -0.15) is 0 Å². The summed E-state index contributed by atoms with van der Waals surface area (Å²) < 4.78 is 5.79. The van der Waals surface area contributed by atoms with Gasteiger partial charge in [0, 0.05) is 23.4 Å². The van der Waals surface area contributed by atoms with Crippen molar-refractivity contribution in [2.45, 2.75) is 70.9 Å². The van der Waals surface area contributed by atoms with Crippen LogP contribution in [0.1, 0.15) is 56.6 Å².